The predicted molar refractivity (Wildman–Crippen MR) is 68.8 cm³/mol. The summed E-state index contributed by atoms with van der Waals surface area (Å²) < 4.78 is 1.98. The first-order valence-corrected chi connectivity index (χ1v) is 6.28. The van der Waals surface area contributed by atoms with Gasteiger partial charge in [0.25, 0.3) is 0 Å². The maximum atomic E-state index is 4.45. The van der Waals surface area contributed by atoms with Crippen molar-refractivity contribution in [1.29, 1.82) is 0 Å². The third kappa shape index (κ3) is 3.34. The van der Waals surface area contributed by atoms with Gasteiger partial charge in [0.15, 0.2) is 0 Å². The molecule has 0 radical (unpaired) electrons. The summed E-state index contributed by atoms with van der Waals surface area (Å²) in [7, 11) is 2.02. The van der Waals surface area contributed by atoms with Gasteiger partial charge >= 0.3 is 0 Å². The van der Waals surface area contributed by atoms with Gasteiger partial charge in [-0.1, -0.05) is 6.92 Å². The third-order valence-electron chi connectivity index (χ3n) is 3.23. The molecule has 0 bridgehead atoms. The molecule has 1 heterocycles. The standard InChI is InChI=1S/C13H25N3/c1-6-9-14-10(2)7-8-13-11(3)15-16(5)12(13)4/h10,14H,6-9H2,1-5H3. The van der Waals surface area contributed by atoms with Crippen LogP contribution in [0.5, 0.6) is 0 Å². The molecule has 0 fully saturated rings. The van der Waals surface area contributed by atoms with E-state index in [0.717, 1.165) is 13.0 Å². The van der Waals surface area contributed by atoms with E-state index in [0.29, 0.717) is 6.04 Å². The van der Waals surface area contributed by atoms with Crippen molar-refractivity contribution >= 4 is 0 Å². The number of aromatic nitrogens is 2. The smallest absolute Gasteiger partial charge is 0.0628 e. The molecule has 3 nitrogen and oxygen atoms in total. The Morgan fingerprint density at radius 1 is 1.38 bits per heavy atom. The SMILES string of the molecule is CCCNC(C)CCc1c(C)nn(C)c1C. The Morgan fingerprint density at radius 3 is 2.56 bits per heavy atom. The van der Waals surface area contributed by atoms with Crippen LogP contribution in [0.25, 0.3) is 0 Å². The topological polar surface area (TPSA) is 29.9 Å². The quantitative estimate of drug-likeness (QED) is 0.802. The fourth-order valence-electron chi connectivity index (χ4n) is 2.03. The molecule has 0 aromatic carbocycles. The monoisotopic (exact) mass is 223 g/mol. The summed E-state index contributed by atoms with van der Waals surface area (Å²) in [5.74, 6) is 0. The maximum absolute atomic E-state index is 4.45. The Bertz CT molecular complexity index is 328. The van der Waals surface area contributed by atoms with Crippen LogP contribution in [0.1, 0.15) is 43.6 Å². The first-order valence-electron chi connectivity index (χ1n) is 6.28. The van der Waals surface area contributed by atoms with Crippen molar-refractivity contribution in [2.45, 2.75) is 53.0 Å². The van der Waals surface area contributed by atoms with E-state index in [2.05, 4.69) is 38.1 Å². The molecule has 0 amide bonds. The number of aryl methyl sites for hydroxylation is 2. The molecule has 0 aliphatic rings. The van der Waals surface area contributed by atoms with Crippen LogP contribution >= 0.6 is 0 Å². The molecular formula is C13H25N3. The van der Waals surface area contributed by atoms with Crippen LogP contribution in [0.4, 0.5) is 0 Å². The average molecular weight is 223 g/mol. The lowest BCUT2D eigenvalue weighted by Gasteiger charge is -2.12. The van der Waals surface area contributed by atoms with Crippen LogP contribution in [0.2, 0.25) is 0 Å². The zero-order chi connectivity index (χ0) is 12.1. The molecule has 92 valence electrons. The minimum Gasteiger partial charge on any atom is -0.314 e. The highest BCUT2D eigenvalue weighted by Gasteiger charge is 2.10. The molecule has 1 rings (SSSR count). The number of rotatable bonds is 6. The van der Waals surface area contributed by atoms with E-state index >= 15 is 0 Å². The van der Waals surface area contributed by atoms with Gasteiger partial charge in [-0.05, 0) is 52.1 Å². The second-order valence-electron chi connectivity index (χ2n) is 4.67. The Labute approximate surface area is 99.2 Å². The highest BCUT2D eigenvalue weighted by atomic mass is 15.3. The molecule has 1 aromatic heterocycles. The van der Waals surface area contributed by atoms with E-state index in [1.54, 1.807) is 0 Å². The predicted octanol–water partition coefficient (Wildman–Crippen LogP) is 2.36. The van der Waals surface area contributed by atoms with Gasteiger partial charge in [-0.2, -0.15) is 5.10 Å². The lowest BCUT2D eigenvalue weighted by atomic mass is 10.0. The summed E-state index contributed by atoms with van der Waals surface area (Å²) >= 11 is 0. The van der Waals surface area contributed by atoms with E-state index in [1.165, 1.54) is 29.8 Å². The van der Waals surface area contributed by atoms with Crippen molar-refractivity contribution in [1.82, 2.24) is 15.1 Å². The van der Waals surface area contributed by atoms with E-state index in [-0.39, 0.29) is 0 Å². The van der Waals surface area contributed by atoms with Gasteiger partial charge in [-0.25, -0.2) is 0 Å². The number of nitrogens with one attached hydrogen (secondary N) is 1. The number of hydrogen-bond donors (Lipinski definition) is 1. The van der Waals surface area contributed by atoms with E-state index in [4.69, 9.17) is 0 Å². The van der Waals surface area contributed by atoms with E-state index in [9.17, 15) is 0 Å². The highest BCUT2D eigenvalue weighted by molar-refractivity contribution is 5.24. The van der Waals surface area contributed by atoms with Gasteiger partial charge in [-0.15, -0.1) is 0 Å². The summed E-state index contributed by atoms with van der Waals surface area (Å²) in [5, 5.41) is 7.97. The largest absolute Gasteiger partial charge is 0.314 e. The Kier molecular flexibility index (Phi) is 5.00. The van der Waals surface area contributed by atoms with Crippen LogP contribution in [0.3, 0.4) is 0 Å². The lowest BCUT2D eigenvalue weighted by Crippen LogP contribution is -2.27. The van der Waals surface area contributed by atoms with Crippen molar-refractivity contribution in [2.75, 3.05) is 6.54 Å². The first-order chi connectivity index (χ1) is 7.56. The van der Waals surface area contributed by atoms with Crippen molar-refractivity contribution < 1.29 is 0 Å². The second kappa shape index (κ2) is 6.04. The van der Waals surface area contributed by atoms with E-state index < -0.39 is 0 Å². The molecule has 1 atom stereocenters. The summed E-state index contributed by atoms with van der Waals surface area (Å²) in [4.78, 5) is 0. The molecule has 0 aliphatic carbocycles. The van der Waals surface area contributed by atoms with Crippen molar-refractivity contribution in [3.63, 3.8) is 0 Å². The first kappa shape index (κ1) is 13.2. The maximum Gasteiger partial charge on any atom is 0.0628 e. The normalized spacial score (nSPS) is 13.1. The van der Waals surface area contributed by atoms with Crippen LogP contribution in [-0.2, 0) is 13.5 Å². The van der Waals surface area contributed by atoms with E-state index in [1.807, 2.05) is 11.7 Å². The molecular weight excluding hydrogens is 198 g/mol. The average Bonchev–Trinajstić information content (AvgIpc) is 2.48. The molecule has 1 aromatic rings. The van der Waals surface area contributed by atoms with Gasteiger partial charge in [0.05, 0.1) is 5.69 Å². The van der Waals surface area contributed by atoms with Crippen molar-refractivity contribution in [3.8, 4) is 0 Å². The molecule has 0 saturated heterocycles. The fraction of sp³-hybridized carbons (Fsp3) is 0.769. The minimum atomic E-state index is 0.596. The van der Waals surface area contributed by atoms with Gasteiger partial charge in [0.1, 0.15) is 0 Å². The molecule has 0 aliphatic heterocycles. The second-order valence-corrected chi connectivity index (χ2v) is 4.67. The summed E-state index contributed by atoms with van der Waals surface area (Å²) in [5.41, 5.74) is 3.91. The molecule has 1 N–H and O–H groups in total. The molecule has 3 heteroatoms. The number of nitrogens with zero attached hydrogens (tertiary/aromatic N) is 2. The lowest BCUT2D eigenvalue weighted by molar-refractivity contribution is 0.513. The highest BCUT2D eigenvalue weighted by Crippen LogP contribution is 2.14. The fourth-order valence-corrected chi connectivity index (χ4v) is 2.03. The van der Waals surface area contributed by atoms with Gasteiger partial charge in [0.2, 0.25) is 0 Å². The van der Waals surface area contributed by atoms with Crippen molar-refractivity contribution in [3.05, 3.63) is 17.0 Å². The van der Waals surface area contributed by atoms with Gasteiger partial charge in [0, 0.05) is 18.8 Å². The minimum absolute atomic E-state index is 0.596. The van der Waals surface area contributed by atoms with Crippen LogP contribution < -0.4 is 5.32 Å². The zero-order valence-corrected chi connectivity index (χ0v) is 11.3. The Balaban J connectivity index is 2.48. The van der Waals surface area contributed by atoms with Crippen LogP contribution in [-0.4, -0.2) is 22.4 Å². The molecule has 0 saturated carbocycles. The third-order valence-corrected chi connectivity index (χ3v) is 3.23. The molecule has 1 unspecified atom stereocenters. The van der Waals surface area contributed by atoms with Crippen molar-refractivity contribution in [2.24, 2.45) is 7.05 Å². The van der Waals surface area contributed by atoms with Crippen LogP contribution in [0, 0.1) is 13.8 Å². The number of hydrogen-bond acceptors (Lipinski definition) is 2. The van der Waals surface area contributed by atoms with Crippen LogP contribution in [0.15, 0.2) is 0 Å². The summed E-state index contributed by atoms with van der Waals surface area (Å²) in [6.45, 7) is 9.84. The van der Waals surface area contributed by atoms with Gasteiger partial charge < -0.3 is 5.32 Å². The summed E-state index contributed by atoms with van der Waals surface area (Å²) in [6, 6.07) is 0.596. The molecule has 16 heavy (non-hydrogen) atoms. The summed E-state index contributed by atoms with van der Waals surface area (Å²) in [6.07, 6.45) is 3.52. The zero-order valence-electron chi connectivity index (χ0n) is 11.3. The molecule has 0 spiro atoms. The van der Waals surface area contributed by atoms with Gasteiger partial charge in [-0.3, -0.25) is 4.68 Å². The Morgan fingerprint density at radius 2 is 2.06 bits per heavy atom. The Hall–Kier alpha value is -0.830.